The number of aromatic nitrogens is 2. The van der Waals surface area contributed by atoms with E-state index in [9.17, 15) is 15.0 Å². The van der Waals surface area contributed by atoms with E-state index < -0.39 is 12.2 Å². The highest BCUT2D eigenvalue weighted by Crippen LogP contribution is 2.23. The molecule has 0 aliphatic carbocycles. The molecule has 0 fully saturated rings. The Balaban J connectivity index is 2.74. The second-order valence-electron chi connectivity index (χ2n) is 3.33. The van der Waals surface area contributed by atoms with Crippen LogP contribution < -0.4 is 5.32 Å². The molecule has 17 heavy (non-hydrogen) atoms. The standard InChI is InChI=1S/C9H11Cl2N3O3/c1-4(15)12-3-6(16)7(17)5-2-13-9(11)14-8(5)10/h2,6-7,16-17H,3H2,1H3,(H,12,15). The Morgan fingerprint density at radius 1 is 1.53 bits per heavy atom. The monoisotopic (exact) mass is 279 g/mol. The number of carbonyl (C=O) groups excluding carboxylic acids is 1. The van der Waals surface area contributed by atoms with Crippen molar-refractivity contribution < 1.29 is 15.0 Å². The van der Waals surface area contributed by atoms with Gasteiger partial charge in [0.15, 0.2) is 0 Å². The summed E-state index contributed by atoms with van der Waals surface area (Å²) in [5.74, 6) is -0.310. The quantitative estimate of drug-likeness (QED) is 0.545. The molecule has 94 valence electrons. The van der Waals surface area contributed by atoms with Gasteiger partial charge in [-0.2, -0.15) is 0 Å². The highest BCUT2D eigenvalue weighted by molar-refractivity contribution is 6.32. The van der Waals surface area contributed by atoms with Crippen molar-refractivity contribution in [2.45, 2.75) is 19.1 Å². The minimum absolute atomic E-state index is 0.0422. The number of nitrogens with one attached hydrogen (secondary N) is 1. The maximum absolute atomic E-state index is 10.6. The fraction of sp³-hybridized carbons (Fsp3) is 0.444. The minimum atomic E-state index is -1.30. The zero-order valence-corrected chi connectivity index (χ0v) is 10.4. The molecular weight excluding hydrogens is 269 g/mol. The van der Waals surface area contributed by atoms with Crippen LogP contribution in [0, 0.1) is 0 Å². The van der Waals surface area contributed by atoms with Crippen LogP contribution >= 0.6 is 23.2 Å². The van der Waals surface area contributed by atoms with Gasteiger partial charge in [-0.1, -0.05) is 11.6 Å². The van der Waals surface area contributed by atoms with E-state index >= 15 is 0 Å². The Bertz CT molecular complexity index is 416. The van der Waals surface area contributed by atoms with Crippen LogP contribution in [0.2, 0.25) is 10.4 Å². The summed E-state index contributed by atoms with van der Waals surface area (Å²) in [4.78, 5) is 17.9. The lowest BCUT2D eigenvalue weighted by atomic mass is 10.1. The number of hydrogen-bond donors (Lipinski definition) is 3. The lowest BCUT2D eigenvalue weighted by Crippen LogP contribution is -2.34. The molecule has 1 aromatic heterocycles. The summed E-state index contributed by atoms with van der Waals surface area (Å²) in [6, 6.07) is 0. The fourth-order valence-corrected chi connectivity index (χ4v) is 1.53. The van der Waals surface area contributed by atoms with E-state index in [-0.39, 0.29) is 28.5 Å². The Hall–Kier alpha value is -0.950. The van der Waals surface area contributed by atoms with Gasteiger partial charge in [-0.05, 0) is 11.6 Å². The molecule has 0 aliphatic heterocycles. The summed E-state index contributed by atoms with van der Waals surface area (Å²) >= 11 is 11.2. The van der Waals surface area contributed by atoms with Gasteiger partial charge in [0.2, 0.25) is 11.2 Å². The smallest absolute Gasteiger partial charge is 0.223 e. The van der Waals surface area contributed by atoms with Crippen molar-refractivity contribution in [2.24, 2.45) is 0 Å². The number of carbonyl (C=O) groups is 1. The van der Waals surface area contributed by atoms with E-state index in [1.807, 2.05) is 0 Å². The number of halogens is 2. The third-order valence-corrected chi connectivity index (χ3v) is 2.47. The first-order valence-electron chi connectivity index (χ1n) is 4.70. The first kappa shape index (κ1) is 14.1. The van der Waals surface area contributed by atoms with E-state index in [0.717, 1.165) is 0 Å². The predicted molar refractivity (Wildman–Crippen MR) is 61.7 cm³/mol. The maximum atomic E-state index is 10.6. The highest BCUT2D eigenvalue weighted by Gasteiger charge is 2.22. The molecule has 0 bridgehead atoms. The normalized spacial score (nSPS) is 14.2. The van der Waals surface area contributed by atoms with Gasteiger partial charge in [0.05, 0.1) is 0 Å². The van der Waals surface area contributed by atoms with E-state index in [1.54, 1.807) is 0 Å². The van der Waals surface area contributed by atoms with Crippen LogP contribution in [0.5, 0.6) is 0 Å². The molecule has 0 radical (unpaired) electrons. The second-order valence-corrected chi connectivity index (χ2v) is 4.03. The molecule has 1 rings (SSSR count). The van der Waals surface area contributed by atoms with Gasteiger partial charge in [-0.15, -0.1) is 0 Å². The largest absolute Gasteiger partial charge is 0.388 e. The summed E-state index contributed by atoms with van der Waals surface area (Å²) in [5, 5.41) is 21.6. The molecular formula is C9H11Cl2N3O3. The summed E-state index contributed by atoms with van der Waals surface area (Å²) in [6.45, 7) is 1.20. The van der Waals surface area contributed by atoms with Crippen LogP contribution in [0.15, 0.2) is 6.20 Å². The third-order valence-electron chi connectivity index (χ3n) is 1.98. The van der Waals surface area contributed by atoms with E-state index in [2.05, 4.69) is 15.3 Å². The lowest BCUT2D eigenvalue weighted by molar-refractivity contribution is -0.119. The van der Waals surface area contributed by atoms with Crippen molar-refractivity contribution in [1.29, 1.82) is 0 Å². The van der Waals surface area contributed by atoms with Crippen LogP contribution in [-0.4, -0.2) is 38.7 Å². The van der Waals surface area contributed by atoms with Gasteiger partial charge in [0.25, 0.3) is 0 Å². The molecule has 6 nitrogen and oxygen atoms in total. The summed E-state index contributed by atoms with van der Waals surface area (Å²) in [6.07, 6.45) is -1.29. The Kier molecular flexibility index (Phi) is 5.07. The van der Waals surface area contributed by atoms with Crippen LogP contribution in [0.25, 0.3) is 0 Å². The Morgan fingerprint density at radius 3 is 2.71 bits per heavy atom. The number of nitrogens with zero attached hydrogens (tertiary/aromatic N) is 2. The van der Waals surface area contributed by atoms with Crippen molar-refractivity contribution in [1.82, 2.24) is 15.3 Å². The summed E-state index contributed by atoms with van der Waals surface area (Å²) in [7, 11) is 0. The molecule has 8 heteroatoms. The molecule has 0 saturated heterocycles. The molecule has 0 spiro atoms. The number of aliphatic hydroxyl groups excluding tert-OH is 2. The summed E-state index contributed by atoms with van der Waals surface area (Å²) in [5.41, 5.74) is 0.147. The molecule has 1 aromatic rings. The number of amides is 1. The average molecular weight is 280 g/mol. The second kappa shape index (κ2) is 6.11. The Labute approximate surface area is 108 Å². The molecule has 2 unspecified atom stereocenters. The van der Waals surface area contributed by atoms with Crippen LogP contribution in [0.4, 0.5) is 0 Å². The molecule has 1 heterocycles. The molecule has 0 saturated carbocycles. The van der Waals surface area contributed by atoms with Crippen molar-refractivity contribution in [3.8, 4) is 0 Å². The average Bonchev–Trinajstić information content (AvgIpc) is 2.25. The van der Waals surface area contributed by atoms with E-state index in [4.69, 9.17) is 23.2 Å². The number of hydrogen-bond acceptors (Lipinski definition) is 5. The number of aliphatic hydroxyl groups is 2. The van der Waals surface area contributed by atoms with Gasteiger partial charge in [-0.25, -0.2) is 9.97 Å². The number of rotatable bonds is 4. The fourth-order valence-electron chi connectivity index (χ4n) is 1.12. The lowest BCUT2D eigenvalue weighted by Gasteiger charge is -2.18. The van der Waals surface area contributed by atoms with Crippen LogP contribution in [0.3, 0.4) is 0 Å². The predicted octanol–water partition coefficient (Wildman–Crippen LogP) is 0.314. The van der Waals surface area contributed by atoms with Gasteiger partial charge < -0.3 is 15.5 Å². The van der Waals surface area contributed by atoms with Gasteiger partial charge in [0, 0.05) is 25.2 Å². The molecule has 1 amide bonds. The molecule has 0 aliphatic rings. The minimum Gasteiger partial charge on any atom is -0.388 e. The zero-order valence-electron chi connectivity index (χ0n) is 8.89. The van der Waals surface area contributed by atoms with Gasteiger partial charge in [-0.3, -0.25) is 4.79 Å². The first-order valence-corrected chi connectivity index (χ1v) is 5.46. The zero-order chi connectivity index (χ0) is 13.0. The van der Waals surface area contributed by atoms with Crippen molar-refractivity contribution in [3.05, 3.63) is 22.2 Å². The molecule has 0 aromatic carbocycles. The van der Waals surface area contributed by atoms with Crippen molar-refractivity contribution in [3.63, 3.8) is 0 Å². The van der Waals surface area contributed by atoms with Crippen LogP contribution in [0.1, 0.15) is 18.6 Å². The van der Waals surface area contributed by atoms with E-state index in [0.29, 0.717) is 0 Å². The molecule has 2 atom stereocenters. The summed E-state index contributed by atoms with van der Waals surface area (Å²) < 4.78 is 0. The van der Waals surface area contributed by atoms with Gasteiger partial charge in [0.1, 0.15) is 17.4 Å². The highest BCUT2D eigenvalue weighted by atomic mass is 35.5. The van der Waals surface area contributed by atoms with Crippen LogP contribution in [-0.2, 0) is 4.79 Å². The third kappa shape index (κ3) is 4.08. The maximum Gasteiger partial charge on any atom is 0.223 e. The van der Waals surface area contributed by atoms with Crippen molar-refractivity contribution in [2.75, 3.05) is 6.54 Å². The van der Waals surface area contributed by atoms with E-state index in [1.165, 1.54) is 13.1 Å². The Morgan fingerprint density at radius 2 is 2.18 bits per heavy atom. The first-order chi connectivity index (χ1) is 7.91. The van der Waals surface area contributed by atoms with Gasteiger partial charge >= 0.3 is 0 Å². The topological polar surface area (TPSA) is 95.3 Å². The SMILES string of the molecule is CC(=O)NCC(O)C(O)c1cnc(Cl)nc1Cl. The van der Waals surface area contributed by atoms with Crippen molar-refractivity contribution >= 4 is 29.1 Å². The molecule has 3 N–H and O–H groups in total.